The minimum Gasteiger partial charge on any atom is -0.493 e. The van der Waals surface area contributed by atoms with Gasteiger partial charge >= 0.3 is 0 Å². The molecule has 0 aliphatic rings. The van der Waals surface area contributed by atoms with Gasteiger partial charge in [-0.15, -0.1) is 0 Å². The summed E-state index contributed by atoms with van der Waals surface area (Å²) in [5, 5.41) is 3.87. The van der Waals surface area contributed by atoms with Crippen molar-refractivity contribution in [3.8, 4) is 17.2 Å². The molecule has 0 saturated heterocycles. The van der Waals surface area contributed by atoms with Gasteiger partial charge in [0, 0.05) is 0 Å². The van der Waals surface area contributed by atoms with E-state index in [1.165, 1.54) is 7.11 Å². The van der Waals surface area contributed by atoms with E-state index in [0.29, 0.717) is 19.8 Å². The molecule has 1 aromatic carbocycles. The van der Waals surface area contributed by atoms with E-state index < -0.39 is 0 Å². The lowest BCUT2D eigenvalue weighted by Crippen LogP contribution is -2.04. The van der Waals surface area contributed by atoms with Crippen molar-refractivity contribution < 1.29 is 19.0 Å². The van der Waals surface area contributed by atoms with Gasteiger partial charge in [-0.05, 0) is 82.3 Å². The third-order valence-electron chi connectivity index (χ3n) is 4.65. The highest BCUT2D eigenvalue weighted by atomic mass is 16.6. The Morgan fingerprint density at radius 2 is 1.68 bits per heavy atom. The van der Waals surface area contributed by atoms with Gasteiger partial charge in [-0.2, -0.15) is 0 Å². The zero-order valence-electron chi connectivity index (χ0n) is 19.3. The Labute approximate surface area is 185 Å². The van der Waals surface area contributed by atoms with Crippen molar-refractivity contribution in [1.82, 2.24) is 4.98 Å². The second-order valence-corrected chi connectivity index (χ2v) is 7.26. The van der Waals surface area contributed by atoms with E-state index in [-0.39, 0.29) is 0 Å². The van der Waals surface area contributed by atoms with Gasteiger partial charge in [0.05, 0.1) is 25.1 Å². The molecule has 6 heteroatoms. The summed E-state index contributed by atoms with van der Waals surface area (Å²) in [6.45, 7) is 9.88. The van der Waals surface area contributed by atoms with Gasteiger partial charge in [-0.25, -0.2) is 0 Å². The molecule has 0 unspecified atom stereocenters. The van der Waals surface area contributed by atoms with Gasteiger partial charge in [0.1, 0.15) is 36.7 Å². The maximum Gasteiger partial charge on any atom is 0.137 e. The highest BCUT2D eigenvalue weighted by Gasteiger charge is 2.07. The molecule has 0 atom stereocenters. The molecule has 0 amide bonds. The van der Waals surface area contributed by atoms with Crippen molar-refractivity contribution in [2.24, 2.45) is 5.16 Å². The summed E-state index contributed by atoms with van der Waals surface area (Å²) in [7, 11) is 1.52. The van der Waals surface area contributed by atoms with Gasteiger partial charge in [-0.3, -0.25) is 4.98 Å². The molecule has 168 valence electrons. The first-order valence-electron chi connectivity index (χ1n) is 10.7. The van der Waals surface area contributed by atoms with E-state index >= 15 is 0 Å². The number of hydrogen-bond acceptors (Lipinski definition) is 6. The Morgan fingerprint density at radius 3 is 2.29 bits per heavy atom. The largest absolute Gasteiger partial charge is 0.493 e. The normalized spacial score (nSPS) is 11.6. The number of allylic oxidation sites excluding steroid dienone is 1. The topological polar surface area (TPSA) is 62.2 Å². The Morgan fingerprint density at radius 1 is 0.968 bits per heavy atom. The Hall–Kier alpha value is -3.02. The number of nitrogens with zero attached hydrogens (tertiary/aromatic N) is 2. The number of oxime groups is 1. The summed E-state index contributed by atoms with van der Waals surface area (Å²) in [4.78, 5) is 9.10. The minimum atomic E-state index is 0.583. The van der Waals surface area contributed by atoms with Crippen LogP contribution in [0.25, 0.3) is 0 Å². The molecule has 0 aliphatic heterocycles. The molecule has 6 nitrogen and oxygen atoms in total. The van der Waals surface area contributed by atoms with E-state index in [9.17, 15) is 0 Å². The molecule has 0 bridgehead atoms. The zero-order valence-corrected chi connectivity index (χ0v) is 19.3. The summed E-state index contributed by atoms with van der Waals surface area (Å²) >= 11 is 0. The first-order chi connectivity index (χ1) is 15.0. The molecule has 31 heavy (non-hydrogen) atoms. The molecule has 2 aromatic rings. The monoisotopic (exact) mass is 426 g/mol. The van der Waals surface area contributed by atoms with Gasteiger partial charge in [-0.1, -0.05) is 17.3 Å². The summed E-state index contributed by atoms with van der Waals surface area (Å²) < 4.78 is 17.5. The highest BCUT2D eigenvalue weighted by Crippen LogP contribution is 2.28. The van der Waals surface area contributed by atoms with Crippen LogP contribution < -0.4 is 14.2 Å². The molecule has 1 aromatic heterocycles. The van der Waals surface area contributed by atoms with Crippen LogP contribution in [0.4, 0.5) is 0 Å². The average molecular weight is 427 g/mol. The molecule has 0 fully saturated rings. The number of aryl methyl sites for hydroxylation is 2. The Balaban J connectivity index is 1.67. The van der Waals surface area contributed by atoms with E-state index in [1.54, 1.807) is 6.20 Å². The number of pyridine rings is 1. The molecular formula is C25H34N2O4. The van der Waals surface area contributed by atoms with Crippen LogP contribution in [-0.4, -0.2) is 37.6 Å². The molecule has 2 rings (SSSR count). The lowest BCUT2D eigenvalue weighted by molar-refractivity contribution is 0.213. The van der Waals surface area contributed by atoms with Crippen LogP contribution in [0, 0.1) is 13.8 Å². The molecule has 0 radical (unpaired) electrons. The predicted molar refractivity (Wildman–Crippen MR) is 125 cm³/mol. The van der Waals surface area contributed by atoms with Crippen molar-refractivity contribution in [3.63, 3.8) is 0 Å². The summed E-state index contributed by atoms with van der Waals surface area (Å²) in [5.74, 6) is 2.59. The lowest BCUT2D eigenvalue weighted by Gasteiger charge is -2.14. The fourth-order valence-corrected chi connectivity index (χ4v) is 3.07. The fraction of sp³-hybridized carbons (Fsp3) is 0.440. The maximum absolute atomic E-state index is 6.03. The molecule has 1 heterocycles. The van der Waals surface area contributed by atoms with Gasteiger partial charge in [0.2, 0.25) is 0 Å². The standard InChI is InChI=1S/C25H34N2O4/c1-6-7-13-30-23-16-19(2)25(20(3)17-23)31-15-10-8-9-14-29-22-11-12-24(26-18-22)21(4)27-28-5/h6-7,11-12,16-18H,8-10,13-15H2,1-5H3/b7-6+,27-21+. The van der Waals surface area contributed by atoms with E-state index in [2.05, 4.69) is 24.0 Å². The van der Waals surface area contributed by atoms with Crippen molar-refractivity contribution in [1.29, 1.82) is 0 Å². The van der Waals surface area contributed by atoms with Gasteiger partial charge in [0.25, 0.3) is 0 Å². The van der Waals surface area contributed by atoms with E-state index in [1.807, 2.05) is 50.3 Å². The number of aromatic nitrogens is 1. The molecule has 0 spiro atoms. The molecule has 0 saturated carbocycles. The van der Waals surface area contributed by atoms with Gasteiger partial charge < -0.3 is 19.0 Å². The second-order valence-electron chi connectivity index (χ2n) is 7.26. The van der Waals surface area contributed by atoms with Crippen LogP contribution in [0.1, 0.15) is 49.9 Å². The summed E-state index contributed by atoms with van der Waals surface area (Å²) in [5.41, 5.74) is 3.70. The van der Waals surface area contributed by atoms with E-state index in [4.69, 9.17) is 19.0 Å². The molecule has 0 N–H and O–H groups in total. The Kier molecular flexibility index (Phi) is 10.4. The Bertz CT molecular complexity index is 837. The number of benzene rings is 1. The highest BCUT2D eigenvalue weighted by molar-refractivity contribution is 5.96. The molecule has 0 aliphatic carbocycles. The van der Waals surface area contributed by atoms with Crippen molar-refractivity contribution in [3.05, 3.63) is 59.4 Å². The first-order valence-corrected chi connectivity index (χ1v) is 10.7. The number of rotatable bonds is 13. The maximum atomic E-state index is 6.03. The minimum absolute atomic E-state index is 0.583. The van der Waals surface area contributed by atoms with Gasteiger partial charge in [0.15, 0.2) is 0 Å². The number of unbranched alkanes of at least 4 members (excludes halogenated alkanes) is 2. The van der Waals surface area contributed by atoms with E-state index in [0.717, 1.165) is 59.0 Å². The average Bonchev–Trinajstić information content (AvgIpc) is 2.75. The predicted octanol–water partition coefficient (Wildman–Crippen LogP) is 5.65. The third kappa shape index (κ3) is 8.32. The van der Waals surface area contributed by atoms with Crippen LogP contribution in [0.2, 0.25) is 0 Å². The van der Waals surface area contributed by atoms with Crippen molar-refractivity contribution in [2.45, 2.75) is 47.0 Å². The van der Waals surface area contributed by atoms with Crippen LogP contribution in [0.3, 0.4) is 0 Å². The number of ether oxygens (including phenoxy) is 3. The smallest absolute Gasteiger partial charge is 0.137 e. The first kappa shape index (κ1) is 24.3. The SMILES string of the molecule is C/C=C/COc1cc(C)c(OCCCCCOc2ccc(/C(C)=N/OC)nc2)c(C)c1. The zero-order chi connectivity index (χ0) is 22.5. The van der Waals surface area contributed by atoms with Crippen LogP contribution in [0.5, 0.6) is 17.2 Å². The summed E-state index contributed by atoms with van der Waals surface area (Å²) in [6, 6.07) is 7.84. The number of hydrogen-bond donors (Lipinski definition) is 0. The van der Waals surface area contributed by atoms with Crippen LogP contribution in [-0.2, 0) is 4.84 Å². The van der Waals surface area contributed by atoms with Crippen LogP contribution >= 0.6 is 0 Å². The molecular weight excluding hydrogens is 392 g/mol. The van der Waals surface area contributed by atoms with Crippen molar-refractivity contribution >= 4 is 5.71 Å². The quantitative estimate of drug-likeness (QED) is 0.179. The lowest BCUT2D eigenvalue weighted by atomic mass is 10.1. The van der Waals surface area contributed by atoms with Crippen molar-refractivity contribution in [2.75, 3.05) is 26.9 Å². The second kappa shape index (κ2) is 13.3. The van der Waals surface area contributed by atoms with Crippen LogP contribution in [0.15, 0.2) is 47.8 Å². The third-order valence-corrected chi connectivity index (χ3v) is 4.65. The summed E-state index contributed by atoms with van der Waals surface area (Å²) in [6.07, 6.45) is 8.66. The fourth-order valence-electron chi connectivity index (χ4n) is 3.07.